The van der Waals surface area contributed by atoms with Crippen molar-refractivity contribution in [2.45, 2.75) is 99.8 Å². The van der Waals surface area contributed by atoms with Crippen LogP contribution >= 0.6 is 0 Å². The zero-order valence-corrected chi connectivity index (χ0v) is 22.8. The summed E-state index contributed by atoms with van der Waals surface area (Å²) >= 11 is 0. The molecule has 0 aromatic carbocycles. The molecule has 2 saturated carbocycles. The highest BCUT2D eigenvalue weighted by Crippen LogP contribution is 2.46. The molecule has 2 aliphatic carbocycles. The van der Waals surface area contributed by atoms with Gasteiger partial charge in [0.05, 0.1) is 0 Å². The highest BCUT2D eigenvalue weighted by molar-refractivity contribution is 5.88. The Morgan fingerprint density at radius 2 is 1.50 bits per heavy atom. The van der Waals surface area contributed by atoms with E-state index in [1.807, 2.05) is 13.8 Å². The van der Waals surface area contributed by atoms with Gasteiger partial charge in [-0.1, -0.05) is 69.7 Å². The smallest absolute Gasteiger partial charge is 0.328 e. The number of hydrogen-bond acceptors (Lipinski definition) is 2. The van der Waals surface area contributed by atoms with Gasteiger partial charge in [-0.25, -0.2) is 4.79 Å². The average molecular weight is 469 g/mol. The van der Waals surface area contributed by atoms with Crippen molar-refractivity contribution in [3.63, 3.8) is 0 Å². The van der Waals surface area contributed by atoms with Crippen molar-refractivity contribution >= 4 is 11.8 Å². The van der Waals surface area contributed by atoms with Crippen LogP contribution in [0.5, 0.6) is 0 Å². The van der Waals surface area contributed by atoms with E-state index in [9.17, 15) is 9.59 Å². The van der Waals surface area contributed by atoms with Crippen LogP contribution in [0.1, 0.15) is 99.8 Å². The van der Waals surface area contributed by atoms with Gasteiger partial charge in [-0.2, -0.15) is 0 Å². The standard InChI is InChI=1S/C16H24O.C15H24O2/c1-12(11-14(3)17)8-9-15-13(2)7-6-10-16(15,4)5;1-11(10-14(16)17)7-8-13-12(2)6-5-9-15(13,3)4/h8-9,11,15H,2,6-7,10H2,1,3-5H3;10,13H,2,5-9H2,1,3-4H3,(H,16,17)/b9-8+,12-11+;11-10+/t15-;13-/m11/s1. The molecule has 0 spiro atoms. The zero-order chi connectivity index (χ0) is 26.1. The van der Waals surface area contributed by atoms with E-state index in [0.29, 0.717) is 22.7 Å². The van der Waals surface area contributed by atoms with Crippen LogP contribution in [0.3, 0.4) is 0 Å². The van der Waals surface area contributed by atoms with Crippen LogP contribution in [0.15, 0.2) is 59.8 Å². The third-order valence-corrected chi connectivity index (χ3v) is 7.54. The maximum atomic E-state index is 11.0. The van der Waals surface area contributed by atoms with Crippen LogP contribution in [0.2, 0.25) is 0 Å². The van der Waals surface area contributed by atoms with E-state index >= 15 is 0 Å². The third kappa shape index (κ3) is 9.99. The summed E-state index contributed by atoms with van der Waals surface area (Å²) in [5.41, 5.74) is 5.26. The molecule has 0 aromatic heterocycles. The molecule has 2 atom stereocenters. The molecule has 0 unspecified atom stereocenters. The topological polar surface area (TPSA) is 54.4 Å². The molecule has 3 nitrogen and oxygen atoms in total. The normalized spacial score (nSPS) is 25.0. The second-order valence-electron chi connectivity index (χ2n) is 11.8. The zero-order valence-electron chi connectivity index (χ0n) is 22.8. The summed E-state index contributed by atoms with van der Waals surface area (Å²) in [5, 5.41) is 8.68. The summed E-state index contributed by atoms with van der Waals surface area (Å²) < 4.78 is 0. The number of allylic oxidation sites excluding steroid dienone is 7. The molecule has 0 bridgehead atoms. The minimum atomic E-state index is -0.843. The predicted molar refractivity (Wildman–Crippen MR) is 145 cm³/mol. The summed E-state index contributed by atoms with van der Waals surface area (Å²) in [6.45, 7) is 23.0. The maximum absolute atomic E-state index is 11.0. The predicted octanol–water partition coefficient (Wildman–Crippen LogP) is 8.64. The fourth-order valence-corrected chi connectivity index (χ4v) is 5.57. The van der Waals surface area contributed by atoms with E-state index in [0.717, 1.165) is 36.8 Å². The van der Waals surface area contributed by atoms with Crippen molar-refractivity contribution in [3.05, 3.63) is 59.8 Å². The lowest BCUT2D eigenvalue weighted by Gasteiger charge is -2.40. The lowest BCUT2D eigenvalue weighted by Crippen LogP contribution is -2.29. The lowest BCUT2D eigenvalue weighted by atomic mass is 9.65. The number of rotatable bonds is 7. The van der Waals surface area contributed by atoms with Gasteiger partial charge in [0.15, 0.2) is 5.78 Å². The van der Waals surface area contributed by atoms with Gasteiger partial charge in [0.1, 0.15) is 0 Å². The highest BCUT2D eigenvalue weighted by atomic mass is 16.4. The molecule has 0 radical (unpaired) electrons. The Balaban J connectivity index is 0.000000340. The number of ketones is 1. The molecule has 34 heavy (non-hydrogen) atoms. The number of carbonyl (C=O) groups excluding carboxylic acids is 1. The van der Waals surface area contributed by atoms with Gasteiger partial charge in [0, 0.05) is 12.0 Å². The molecular weight excluding hydrogens is 420 g/mol. The van der Waals surface area contributed by atoms with E-state index in [1.54, 1.807) is 13.0 Å². The maximum Gasteiger partial charge on any atom is 0.328 e. The molecule has 2 rings (SSSR count). The Bertz CT molecular complexity index is 848. The number of hydrogen-bond donors (Lipinski definition) is 1. The van der Waals surface area contributed by atoms with Crippen LogP contribution in [0.4, 0.5) is 0 Å². The van der Waals surface area contributed by atoms with Crippen molar-refractivity contribution in [1.82, 2.24) is 0 Å². The van der Waals surface area contributed by atoms with Crippen molar-refractivity contribution in [2.24, 2.45) is 22.7 Å². The van der Waals surface area contributed by atoms with Crippen molar-refractivity contribution in [1.29, 1.82) is 0 Å². The number of carboxylic acid groups (broad SMARTS) is 1. The van der Waals surface area contributed by atoms with E-state index in [1.165, 1.54) is 42.9 Å². The van der Waals surface area contributed by atoms with Crippen LogP contribution in [0, 0.1) is 22.7 Å². The first kappa shape index (κ1) is 29.9. The number of aliphatic carboxylic acids is 1. The summed E-state index contributed by atoms with van der Waals surface area (Å²) in [4.78, 5) is 21.5. The number of carboxylic acids is 1. The molecule has 190 valence electrons. The van der Waals surface area contributed by atoms with Crippen molar-refractivity contribution in [2.75, 3.05) is 0 Å². The van der Waals surface area contributed by atoms with E-state index in [4.69, 9.17) is 5.11 Å². The largest absolute Gasteiger partial charge is 0.478 e. The van der Waals surface area contributed by atoms with Crippen LogP contribution < -0.4 is 0 Å². The fraction of sp³-hybridized carbons (Fsp3) is 0.613. The van der Waals surface area contributed by atoms with Gasteiger partial charge in [0.2, 0.25) is 0 Å². The Kier molecular flexibility index (Phi) is 11.5. The van der Waals surface area contributed by atoms with Gasteiger partial charge >= 0.3 is 5.97 Å². The Morgan fingerprint density at radius 3 is 2.00 bits per heavy atom. The minimum absolute atomic E-state index is 0.105. The van der Waals surface area contributed by atoms with Gasteiger partial charge in [-0.05, 0) is 101 Å². The van der Waals surface area contributed by atoms with E-state index in [2.05, 4.69) is 53.0 Å². The first-order valence-corrected chi connectivity index (χ1v) is 12.8. The molecule has 0 aromatic rings. The van der Waals surface area contributed by atoms with Gasteiger partial charge in [0.25, 0.3) is 0 Å². The Hall–Kier alpha value is -2.16. The van der Waals surface area contributed by atoms with Crippen LogP contribution in [-0.4, -0.2) is 16.9 Å². The molecular formula is C31H48O3. The number of carbonyl (C=O) groups is 2. The highest BCUT2D eigenvalue weighted by Gasteiger charge is 2.34. The summed E-state index contributed by atoms with van der Waals surface area (Å²) in [6.07, 6.45) is 16.4. The van der Waals surface area contributed by atoms with Gasteiger partial charge in [-0.3, -0.25) is 4.79 Å². The second kappa shape index (κ2) is 13.1. The monoisotopic (exact) mass is 468 g/mol. The van der Waals surface area contributed by atoms with E-state index in [-0.39, 0.29) is 5.78 Å². The molecule has 2 aliphatic rings. The first-order chi connectivity index (χ1) is 15.7. The second-order valence-corrected chi connectivity index (χ2v) is 11.8. The van der Waals surface area contributed by atoms with Gasteiger partial charge in [-0.15, -0.1) is 0 Å². The Morgan fingerprint density at radius 1 is 0.941 bits per heavy atom. The molecule has 0 saturated heterocycles. The summed E-state index contributed by atoms with van der Waals surface area (Å²) in [7, 11) is 0. The first-order valence-electron chi connectivity index (χ1n) is 12.8. The van der Waals surface area contributed by atoms with E-state index < -0.39 is 5.97 Å². The third-order valence-electron chi connectivity index (χ3n) is 7.54. The van der Waals surface area contributed by atoms with Crippen LogP contribution in [-0.2, 0) is 9.59 Å². The SMILES string of the molecule is C=C1CCCC(C)(C)[C@@H]1/C=C/C(C)=C/C(C)=O.C=C1CCCC(C)(C)[C@@H]1CC/C(C)=C/C(=O)O. The summed E-state index contributed by atoms with van der Waals surface area (Å²) in [5.74, 6) is 0.234. The molecule has 1 N–H and O–H groups in total. The van der Waals surface area contributed by atoms with Crippen LogP contribution in [0.25, 0.3) is 0 Å². The van der Waals surface area contributed by atoms with Gasteiger partial charge < -0.3 is 5.11 Å². The molecule has 0 heterocycles. The quantitative estimate of drug-likeness (QED) is 0.231. The molecule has 0 amide bonds. The lowest BCUT2D eigenvalue weighted by molar-refractivity contribution is -0.131. The molecule has 2 fully saturated rings. The summed E-state index contributed by atoms with van der Waals surface area (Å²) in [6, 6.07) is 0. The molecule has 0 aliphatic heterocycles. The van der Waals surface area contributed by atoms with Crippen molar-refractivity contribution in [3.8, 4) is 0 Å². The fourth-order valence-electron chi connectivity index (χ4n) is 5.57. The Labute approximate surface area is 208 Å². The minimum Gasteiger partial charge on any atom is -0.478 e. The van der Waals surface area contributed by atoms with Crippen molar-refractivity contribution < 1.29 is 14.7 Å². The average Bonchev–Trinajstić information content (AvgIpc) is 2.65. The molecule has 3 heteroatoms.